The van der Waals surface area contributed by atoms with Crippen LogP contribution in [0.2, 0.25) is 0 Å². The Labute approximate surface area is 117 Å². The second kappa shape index (κ2) is 5.43. The van der Waals surface area contributed by atoms with Gasteiger partial charge in [-0.25, -0.2) is 0 Å². The third kappa shape index (κ3) is 3.35. The van der Waals surface area contributed by atoms with Gasteiger partial charge in [0, 0.05) is 16.9 Å². The van der Waals surface area contributed by atoms with Gasteiger partial charge in [-0.3, -0.25) is 4.79 Å². The number of carbonyl (C=O) groups excluding carboxylic acids is 1. The van der Waals surface area contributed by atoms with Crippen LogP contribution < -0.4 is 5.32 Å². The van der Waals surface area contributed by atoms with Crippen molar-refractivity contribution in [3.05, 3.63) is 35.4 Å². The van der Waals surface area contributed by atoms with Crippen molar-refractivity contribution in [1.82, 2.24) is 5.32 Å². The van der Waals surface area contributed by atoms with Crippen LogP contribution in [0.1, 0.15) is 49.0 Å². The molecule has 1 aromatic carbocycles. The molecule has 0 heterocycles. The average molecular weight is 310 g/mol. The minimum absolute atomic E-state index is 0.0545. The highest BCUT2D eigenvalue weighted by Gasteiger charge is 2.31. The van der Waals surface area contributed by atoms with Gasteiger partial charge < -0.3 is 5.32 Å². The molecule has 98 valence electrons. The quantitative estimate of drug-likeness (QED) is 0.843. The van der Waals surface area contributed by atoms with Crippen molar-refractivity contribution >= 4 is 21.8 Å². The van der Waals surface area contributed by atoms with Crippen LogP contribution in [-0.2, 0) is 5.33 Å². The van der Waals surface area contributed by atoms with E-state index in [0.29, 0.717) is 11.5 Å². The number of hydrogen-bond acceptors (Lipinski definition) is 1. The Hall–Kier alpha value is -0.830. The van der Waals surface area contributed by atoms with Crippen LogP contribution >= 0.6 is 15.9 Å². The second-order valence-corrected chi connectivity index (χ2v) is 6.47. The Morgan fingerprint density at radius 3 is 2.56 bits per heavy atom. The van der Waals surface area contributed by atoms with Crippen LogP contribution in [-0.4, -0.2) is 11.9 Å². The number of amides is 1. The van der Waals surface area contributed by atoms with E-state index in [-0.39, 0.29) is 5.91 Å². The normalized spacial score (nSPS) is 21.8. The number of halogens is 1. The molecule has 0 aliphatic heterocycles. The predicted molar refractivity (Wildman–Crippen MR) is 78.0 cm³/mol. The molecule has 0 saturated heterocycles. The molecular formula is C15H20BrNO. The van der Waals surface area contributed by atoms with Crippen molar-refractivity contribution in [1.29, 1.82) is 0 Å². The van der Waals surface area contributed by atoms with Gasteiger partial charge in [-0.2, -0.15) is 0 Å². The van der Waals surface area contributed by atoms with Crippen molar-refractivity contribution in [3.63, 3.8) is 0 Å². The zero-order chi connectivity index (χ0) is 13.2. The van der Waals surface area contributed by atoms with Gasteiger partial charge in [0.15, 0.2) is 0 Å². The van der Waals surface area contributed by atoms with Crippen LogP contribution in [0.15, 0.2) is 24.3 Å². The standard InChI is InChI=1S/C15H20BrNO/c1-15(2)8-7-13(9-15)17-14(18)12-5-3-11(10-16)4-6-12/h3-6,13H,7-10H2,1-2H3,(H,17,18). The average Bonchev–Trinajstić information content (AvgIpc) is 2.68. The fourth-order valence-corrected chi connectivity index (χ4v) is 2.95. The summed E-state index contributed by atoms with van der Waals surface area (Å²) in [7, 11) is 0. The molecule has 1 aromatic rings. The van der Waals surface area contributed by atoms with Gasteiger partial charge in [0.05, 0.1) is 0 Å². The van der Waals surface area contributed by atoms with Crippen molar-refractivity contribution in [2.75, 3.05) is 0 Å². The molecule has 0 aromatic heterocycles. The lowest BCUT2D eigenvalue weighted by molar-refractivity contribution is 0.0936. The maximum atomic E-state index is 12.1. The molecule has 1 aliphatic carbocycles. The molecule has 2 nitrogen and oxygen atoms in total. The number of rotatable bonds is 3. The van der Waals surface area contributed by atoms with Gasteiger partial charge in [-0.05, 0) is 42.4 Å². The van der Waals surface area contributed by atoms with Crippen molar-refractivity contribution in [3.8, 4) is 0 Å². The fourth-order valence-electron chi connectivity index (χ4n) is 2.57. The Morgan fingerprint density at radius 2 is 2.06 bits per heavy atom. The number of carbonyl (C=O) groups is 1. The summed E-state index contributed by atoms with van der Waals surface area (Å²) in [6.07, 6.45) is 3.37. The monoisotopic (exact) mass is 309 g/mol. The predicted octanol–water partition coefficient (Wildman–Crippen LogP) is 3.89. The Balaban J connectivity index is 1.95. The summed E-state index contributed by atoms with van der Waals surface area (Å²) in [5.41, 5.74) is 2.32. The first-order valence-corrected chi connectivity index (χ1v) is 7.58. The fraction of sp³-hybridized carbons (Fsp3) is 0.533. The zero-order valence-corrected chi connectivity index (χ0v) is 12.6. The molecule has 0 radical (unpaired) electrons. The highest BCUT2D eigenvalue weighted by Crippen LogP contribution is 2.36. The summed E-state index contributed by atoms with van der Waals surface area (Å²) in [4.78, 5) is 12.1. The molecule has 18 heavy (non-hydrogen) atoms. The van der Waals surface area contributed by atoms with Crippen LogP contribution in [0, 0.1) is 5.41 Å². The number of benzene rings is 1. The van der Waals surface area contributed by atoms with Gasteiger partial charge in [0.1, 0.15) is 0 Å². The molecule has 1 atom stereocenters. The van der Waals surface area contributed by atoms with Crippen molar-refractivity contribution in [2.24, 2.45) is 5.41 Å². The van der Waals surface area contributed by atoms with E-state index in [0.717, 1.165) is 23.7 Å². The summed E-state index contributed by atoms with van der Waals surface area (Å²) < 4.78 is 0. The lowest BCUT2D eigenvalue weighted by atomic mass is 9.92. The topological polar surface area (TPSA) is 29.1 Å². The first-order chi connectivity index (χ1) is 8.50. The van der Waals surface area contributed by atoms with E-state index in [1.54, 1.807) is 0 Å². The van der Waals surface area contributed by atoms with Gasteiger partial charge >= 0.3 is 0 Å². The maximum Gasteiger partial charge on any atom is 0.251 e. The van der Waals surface area contributed by atoms with E-state index in [4.69, 9.17) is 0 Å². The minimum Gasteiger partial charge on any atom is -0.349 e. The van der Waals surface area contributed by atoms with Gasteiger partial charge in [-0.1, -0.05) is 41.9 Å². The number of hydrogen-bond donors (Lipinski definition) is 1. The molecule has 1 aliphatic rings. The lowest BCUT2D eigenvalue weighted by Gasteiger charge is -2.17. The third-order valence-corrected chi connectivity index (χ3v) is 4.32. The molecule has 1 N–H and O–H groups in total. The van der Waals surface area contributed by atoms with E-state index in [1.165, 1.54) is 12.0 Å². The van der Waals surface area contributed by atoms with Crippen LogP contribution in [0.5, 0.6) is 0 Å². The zero-order valence-electron chi connectivity index (χ0n) is 11.0. The molecule has 2 rings (SSSR count). The number of nitrogens with one attached hydrogen (secondary N) is 1. The highest BCUT2D eigenvalue weighted by molar-refractivity contribution is 9.08. The van der Waals surface area contributed by atoms with E-state index >= 15 is 0 Å². The first kappa shape index (κ1) is 13.6. The van der Waals surface area contributed by atoms with Crippen LogP contribution in [0.25, 0.3) is 0 Å². The molecule has 3 heteroatoms. The molecule has 1 fully saturated rings. The largest absolute Gasteiger partial charge is 0.349 e. The van der Waals surface area contributed by atoms with Crippen molar-refractivity contribution in [2.45, 2.75) is 44.5 Å². The van der Waals surface area contributed by atoms with Gasteiger partial charge in [0.25, 0.3) is 5.91 Å². The molecule has 1 amide bonds. The highest BCUT2D eigenvalue weighted by atomic mass is 79.9. The Bertz CT molecular complexity index is 425. The Kier molecular flexibility index (Phi) is 4.10. The lowest BCUT2D eigenvalue weighted by Crippen LogP contribution is -2.33. The van der Waals surface area contributed by atoms with Crippen LogP contribution in [0.3, 0.4) is 0 Å². The summed E-state index contributed by atoms with van der Waals surface area (Å²) in [5, 5.41) is 3.96. The Morgan fingerprint density at radius 1 is 1.39 bits per heavy atom. The summed E-state index contributed by atoms with van der Waals surface area (Å²) in [6, 6.07) is 8.10. The van der Waals surface area contributed by atoms with Crippen molar-refractivity contribution < 1.29 is 4.79 Å². The second-order valence-electron chi connectivity index (χ2n) is 5.91. The van der Waals surface area contributed by atoms with Gasteiger partial charge in [0.2, 0.25) is 0 Å². The summed E-state index contributed by atoms with van der Waals surface area (Å²) in [5.74, 6) is 0.0545. The maximum absolute atomic E-state index is 12.1. The molecular weight excluding hydrogens is 290 g/mol. The van der Waals surface area contributed by atoms with E-state index < -0.39 is 0 Å². The smallest absolute Gasteiger partial charge is 0.251 e. The van der Waals surface area contributed by atoms with Crippen LogP contribution in [0.4, 0.5) is 0 Å². The third-order valence-electron chi connectivity index (χ3n) is 3.67. The first-order valence-electron chi connectivity index (χ1n) is 6.46. The molecule has 1 unspecified atom stereocenters. The van der Waals surface area contributed by atoms with E-state index in [2.05, 4.69) is 35.1 Å². The SMILES string of the molecule is CC1(C)CCC(NC(=O)c2ccc(CBr)cc2)C1. The minimum atomic E-state index is 0.0545. The molecule has 1 saturated carbocycles. The summed E-state index contributed by atoms with van der Waals surface area (Å²) >= 11 is 3.40. The summed E-state index contributed by atoms with van der Waals surface area (Å²) in [6.45, 7) is 4.54. The molecule has 0 spiro atoms. The van der Waals surface area contributed by atoms with E-state index in [9.17, 15) is 4.79 Å². The van der Waals surface area contributed by atoms with E-state index in [1.807, 2.05) is 24.3 Å². The molecule has 0 bridgehead atoms. The van der Waals surface area contributed by atoms with Gasteiger partial charge in [-0.15, -0.1) is 0 Å². The number of alkyl halides is 1.